The second kappa shape index (κ2) is 5.26. The number of hydrogen-bond donors (Lipinski definition) is 0. The largest absolute Gasteiger partial charge is 0.309 e. The Morgan fingerprint density at radius 2 is 2.29 bits per heavy atom. The Morgan fingerprint density at radius 1 is 1.57 bits per heavy atom. The topological polar surface area (TPSA) is 38.1 Å². The van der Waals surface area contributed by atoms with E-state index in [-0.39, 0.29) is 5.56 Å². The standard InChI is InChI=1S/C9H14BrN3O/c1-12(2)4-3-5-13-7-11-6-8(10)9(13)14/h6-7H,3-5H2,1-2H3. The quantitative estimate of drug-likeness (QED) is 0.809. The van der Waals surface area contributed by atoms with Gasteiger partial charge in [-0.2, -0.15) is 0 Å². The molecule has 0 unspecified atom stereocenters. The zero-order valence-electron chi connectivity index (χ0n) is 8.40. The third kappa shape index (κ3) is 3.23. The Balaban J connectivity index is 2.59. The molecule has 0 bridgehead atoms. The number of aromatic nitrogens is 2. The highest BCUT2D eigenvalue weighted by Crippen LogP contribution is 1.98. The van der Waals surface area contributed by atoms with Crippen molar-refractivity contribution in [1.82, 2.24) is 14.5 Å². The molecule has 0 saturated heterocycles. The van der Waals surface area contributed by atoms with E-state index in [1.165, 1.54) is 6.20 Å². The molecule has 78 valence electrons. The number of halogens is 1. The summed E-state index contributed by atoms with van der Waals surface area (Å²) in [6.07, 6.45) is 4.04. The summed E-state index contributed by atoms with van der Waals surface area (Å²) in [6.45, 7) is 1.68. The predicted molar refractivity (Wildman–Crippen MR) is 59.4 cm³/mol. The van der Waals surface area contributed by atoms with Gasteiger partial charge in [-0.1, -0.05) is 0 Å². The van der Waals surface area contributed by atoms with Crippen LogP contribution in [-0.4, -0.2) is 35.1 Å². The van der Waals surface area contributed by atoms with Crippen LogP contribution in [-0.2, 0) is 6.54 Å². The molecule has 0 fully saturated rings. The molecule has 0 saturated carbocycles. The van der Waals surface area contributed by atoms with Gasteiger partial charge in [-0.3, -0.25) is 9.36 Å². The van der Waals surface area contributed by atoms with Gasteiger partial charge in [0.05, 0.1) is 6.33 Å². The highest BCUT2D eigenvalue weighted by atomic mass is 79.9. The van der Waals surface area contributed by atoms with E-state index in [9.17, 15) is 4.79 Å². The van der Waals surface area contributed by atoms with Crippen LogP contribution in [0, 0.1) is 0 Å². The Kier molecular flexibility index (Phi) is 4.28. The van der Waals surface area contributed by atoms with Crippen LogP contribution in [0.25, 0.3) is 0 Å². The fraction of sp³-hybridized carbons (Fsp3) is 0.556. The van der Waals surface area contributed by atoms with Crippen LogP contribution in [0.1, 0.15) is 6.42 Å². The van der Waals surface area contributed by atoms with Gasteiger partial charge in [0, 0.05) is 12.7 Å². The van der Waals surface area contributed by atoms with Gasteiger partial charge in [0.2, 0.25) is 0 Å². The molecule has 1 aromatic rings. The van der Waals surface area contributed by atoms with E-state index in [4.69, 9.17) is 0 Å². The summed E-state index contributed by atoms with van der Waals surface area (Å²) < 4.78 is 2.14. The molecule has 0 N–H and O–H groups in total. The molecule has 0 aliphatic rings. The highest BCUT2D eigenvalue weighted by molar-refractivity contribution is 9.10. The minimum Gasteiger partial charge on any atom is -0.309 e. The van der Waals surface area contributed by atoms with Crippen LogP contribution >= 0.6 is 15.9 Å². The Hall–Kier alpha value is -0.680. The lowest BCUT2D eigenvalue weighted by Gasteiger charge is -2.09. The van der Waals surface area contributed by atoms with E-state index >= 15 is 0 Å². The molecule has 0 atom stereocenters. The van der Waals surface area contributed by atoms with Crippen LogP contribution < -0.4 is 5.56 Å². The van der Waals surface area contributed by atoms with Gasteiger partial charge < -0.3 is 4.90 Å². The second-order valence-corrected chi connectivity index (χ2v) is 4.25. The van der Waals surface area contributed by atoms with Crippen LogP contribution in [0.5, 0.6) is 0 Å². The third-order valence-electron chi connectivity index (χ3n) is 1.86. The summed E-state index contributed by atoms with van der Waals surface area (Å²) in [7, 11) is 4.03. The van der Waals surface area contributed by atoms with Gasteiger partial charge in [-0.25, -0.2) is 4.98 Å². The second-order valence-electron chi connectivity index (χ2n) is 3.40. The van der Waals surface area contributed by atoms with Crippen LogP contribution in [0.3, 0.4) is 0 Å². The molecule has 4 nitrogen and oxygen atoms in total. The molecule has 14 heavy (non-hydrogen) atoms. The maximum absolute atomic E-state index is 11.5. The average Bonchev–Trinajstić information content (AvgIpc) is 2.12. The van der Waals surface area contributed by atoms with E-state index in [2.05, 4.69) is 25.8 Å². The predicted octanol–water partition coefficient (Wildman–Crippen LogP) is 0.957. The average molecular weight is 260 g/mol. The van der Waals surface area contributed by atoms with Crippen molar-refractivity contribution in [3.63, 3.8) is 0 Å². The SMILES string of the molecule is CN(C)CCCn1cncc(Br)c1=O. The molecule has 0 aliphatic carbocycles. The summed E-state index contributed by atoms with van der Waals surface area (Å²) in [5.74, 6) is 0. The molecule has 5 heteroatoms. The maximum Gasteiger partial charge on any atom is 0.267 e. The summed E-state index contributed by atoms with van der Waals surface area (Å²) >= 11 is 3.16. The smallest absolute Gasteiger partial charge is 0.267 e. The van der Waals surface area contributed by atoms with Crippen LogP contribution in [0.2, 0.25) is 0 Å². The molecular formula is C9H14BrN3O. The van der Waals surface area contributed by atoms with Gasteiger partial charge in [-0.15, -0.1) is 0 Å². The molecule has 0 aliphatic heterocycles. The first-order valence-corrected chi connectivity index (χ1v) is 5.25. The lowest BCUT2D eigenvalue weighted by molar-refractivity contribution is 0.384. The lowest BCUT2D eigenvalue weighted by atomic mass is 10.4. The molecule has 0 amide bonds. The number of nitrogens with zero attached hydrogens (tertiary/aromatic N) is 3. The number of hydrogen-bond acceptors (Lipinski definition) is 3. The first kappa shape index (κ1) is 11.4. The van der Waals surface area contributed by atoms with Crippen molar-refractivity contribution in [2.45, 2.75) is 13.0 Å². The summed E-state index contributed by atoms with van der Waals surface area (Å²) in [4.78, 5) is 17.5. The van der Waals surface area contributed by atoms with E-state index in [1.54, 1.807) is 10.9 Å². The molecule has 0 spiro atoms. The monoisotopic (exact) mass is 259 g/mol. The van der Waals surface area contributed by atoms with Crippen molar-refractivity contribution in [2.75, 3.05) is 20.6 Å². The Bertz CT molecular complexity index is 348. The first-order chi connectivity index (χ1) is 6.61. The minimum atomic E-state index is -0.0150. The molecule has 1 heterocycles. The fourth-order valence-corrected chi connectivity index (χ4v) is 1.49. The van der Waals surface area contributed by atoms with Gasteiger partial charge in [-0.05, 0) is 43.0 Å². The molecule has 0 radical (unpaired) electrons. The van der Waals surface area contributed by atoms with Crippen molar-refractivity contribution >= 4 is 15.9 Å². The zero-order chi connectivity index (χ0) is 10.6. The molecule has 0 aromatic carbocycles. The van der Waals surface area contributed by atoms with E-state index in [0.717, 1.165) is 13.0 Å². The van der Waals surface area contributed by atoms with E-state index in [0.29, 0.717) is 11.0 Å². The maximum atomic E-state index is 11.5. The van der Waals surface area contributed by atoms with E-state index < -0.39 is 0 Å². The van der Waals surface area contributed by atoms with Crippen molar-refractivity contribution in [1.29, 1.82) is 0 Å². The van der Waals surface area contributed by atoms with Crippen LogP contribution in [0.15, 0.2) is 21.8 Å². The van der Waals surface area contributed by atoms with Crippen molar-refractivity contribution in [3.8, 4) is 0 Å². The van der Waals surface area contributed by atoms with Gasteiger partial charge in [0.25, 0.3) is 5.56 Å². The highest BCUT2D eigenvalue weighted by Gasteiger charge is 2.00. The summed E-state index contributed by atoms with van der Waals surface area (Å²) in [5, 5.41) is 0. The summed E-state index contributed by atoms with van der Waals surface area (Å²) in [6, 6.07) is 0. The normalized spacial score (nSPS) is 10.9. The first-order valence-electron chi connectivity index (χ1n) is 4.46. The fourth-order valence-electron chi connectivity index (χ4n) is 1.14. The Labute approximate surface area is 91.7 Å². The molecule has 1 aromatic heterocycles. The molecular weight excluding hydrogens is 246 g/mol. The molecule has 1 rings (SSSR count). The number of aryl methyl sites for hydroxylation is 1. The van der Waals surface area contributed by atoms with Crippen molar-refractivity contribution in [2.24, 2.45) is 0 Å². The van der Waals surface area contributed by atoms with Gasteiger partial charge >= 0.3 is 0 Å². The van der Waals surface area contributed by atoms with Gasteiger partial charge in [0.15, 0.2) is 0 Å². The van der Waals surface area contributed by atoms with Crippen molar-refractivity contribution in [3.05, 3.63) is 27.4 Å². The van der Waals surface area contributed by atoms with E-state index in [1.807, 2.05) is 14.1 Å². The third-order valence-corrected chi connectivity index (χ3v) is 2.41. The zero-order valence-corrected chi connectivity index (χ0v) is 9.99. The van der Waals surface area contributed by atoms with Gasteiger partial charge in [0.1, 0.15) is 4.47 Å². The minimum absolute atomic E-state index is 0.0150. The summed E-state index contributed by atoms with van der Waals surface area (Å²) in [5.41, 5.74) is -0.0150. The Morgan fingerprint density at radius 3 is 2.93 bits per heavy atom. The lowest BCUT2D eigenvalue weighted by Crippen LogP contribution is -2.23. The van der Waals surface area contributed by atoms with Crippen molar-refractivity contribution < 1.29 is 0 Å². The van der Waals surface area contributed by atoms with Crippen LogP contribution in [0.4, 0.5) is 0 Å². The number of rotatable bonds is 4.